The maximum Gasteiger partial charge on any atom is 0.267 e. The van der Waals surface area contributed by atoms with Crippen molar-refractivity contribution in [1.82, 2.24) is 0 Å². The van der Waals surface area contributed by atoms with Gasteiger partial charge < -0.3 is 10.1 Å². The molecule has 25 heavy (non-hydrogen) atoms. The summed E-state index contributed by atoms with van der Waals surface area (Å²) in [5.74, 6) is 0.123. The second-order valence-corrected chi connectivity index (χ2v) is 7.90. The van der Waals surface area contributed by atoms with Gasteiger partial charge in [-0.25, -0.2) is 19.6 Å². The normalized spacial score (nSPS) is 20.4. The van der Waals surface area contributed by atoms with E-state index in [1.807, 2.05) is 41.5 Å². The van der Waals surface area contributed by atoms with E-state index in [0.29, 0.717) is 17.0 Å². The zero-order valence-electron chi connectivity index (χ0n) is 15.9. The second-order valence-electron chi connectivity index (χ2n) is 7.90. The molecule has 1 unspecified atom stereocenters. The van der Waals surface area contributed by atoms with Crippen LogP contribution in [0.15, 0.2) is 18.2 Å². The average molecular weight is 353 g/mol. The smallest absolute Gasteiger partial charge is 0.267 e. The van der Waals surface area contributed by atoms with Crippen LogP contribution in [-0.2, 0) is 29.9 Å². The summed E-state index contributed by atoms with van der Waals surface area (Å²) in [7, 11) is 1.54. The van der Waals surface area contributed by atoms with Crippen LogP contribution in [0, 0.1) is 0 Å². The summed E-state index contributed by atoms with van der Waals surface area (Å²) >= 11 is 0. The van der Waals surface area contributed by atoms with Gasteiger partial charge in [-0.15, -0.1) is 0 Å². The molecule has 0 aromatic heterocycles. The van der Waals surface area contributed by atoms with E-state index in [4.69, 9.17) is 24.3 Å². The zero-order chi connectivity index (χ0) is 18.9. The lowest BCUT2D eigenvalue weighted by Crippen LogP contribution is -2.44. The first-order valence-electron chi connectivity index (χ1n) is 8.15. The number of anilines is 1. The molecule has 0 spiro atoms. The summed E-state index contributed by atoms with van der Waals surface area (Å²) in [6, 6.07) is 5.30. The number of carbonyl (C=O) groups is 1. The molecule has 1 amide bonds. The van der Waals surface area contributed by atoms with E-state index in [1.165, 1.54) is 7.11 Å². The van der Waals surface area contributed by atoms with E-state index < -0.39 is 22.7 Å². The van der Waals surface area contributed by atoms with Crippen molar-refractivity contribution >= 4 is 11.6 Å². The molecule has 1 aliphatic heterocycles. The first kappa shape index (κ1) is 19.7. The Bertz CT molecular complexity index is 631. The van der Waals surface area contributed by atoms with Crippen molar-refractivity contribution in [3.05, 3.63) is 23.8 Å². The van der Waals surface area contributed by atoms with Gasteiger partial charge in [-0.05, 0) is 47.6 Å². The largest absolute Gasteiger partial charge is 0.495 e. The number of ether oxygens (including phenoxy) is 1. The van der Waals surface area contributed by atoms with Crippen LogP contribution in [0.1, 0.15) is 47.1 Å². The van der Waals surface area contributed by atoms with Gasteiger partial charge in [-0.1, -0.05) is 12.1 Å². The van der Waals surface area contributed by atoms with Crippen molar-refractivity contribution in [3.8, 4) is 5.75 Å². The van der Waals surface area contributed by atoms with E-state index in [2.05, 4.69) is 5.32 Å². The van der Waals surface area contributed by atoms with Crippen LogP contribution in [0.3, 0.4) is 0 Å². The number of methoxy groups -OCH3 is 1. The minimum atomic E-state index is -1.50. The van der Waals surface area contributed by atoms with Gasteiger partial charge in [0.25, 0.3) is 5.91 Å². The third kappa shape index (κ3) is 4.49. The number of hydrogen-bond donors (Lipinski definition) is 1. The van der Waals surface area contributed by atoms with E-state index in [-0.39, 0.29) is 6.61 Å². The highest BCUT2D eigenvalue weighted by Crippen LogP contribution is 2.44. The molecule has 1 aromatic carbocycles. The lowest BCUT2D eigenvalue weighted by Gasteiger charge is -2.30. The van der Waals surface area contributed by atoms with Crippen molar-refractivity contribution in [2.45, 2.75) is 58.3 Å². The summed E-state index contributed by atoms with van der Waals surface area (Å²) in [6.07, 6.45) is 0. The minimum absolute atomic E-state index is 0.174. The van der Waals surface area contributed by atoms with Gasteiger partial charge in [0.2, 0.25) is 5.60 Å². The van der Waals surface area contributed by atoms with Gasteiger partial charge in [0.1, 0.15) is 12.4 Å². The van der Waals surface area contributed by atoms with E-state index in [1.54, 1.807) is 18.2 Å². The molecular weight excluding hydrogens is 326 g/mol. The van der Waals surface area contributed by atoms with Crippen LogP contribution in [0.5, 0.6) is 5.75 Å². The Labute approximate surface area is 148 Å². The van der Waals surface area contributed by atoms with Gasteiger partial charge in [0, 0.05) is 5.56 Å². The van der Waals surface area contributed by atoms with Crippen LogP contribution in [-0.4, -0.2) is 30.8 Å². The Morgan fingerprint density at radius 2 is 1.68 bits per heavy atom. The summed E-state index contributed by atoms with van der Waals surface area (Å²) in [5.41, 5.74) is -1.54. The Hall–Kier alpha value is -1.67. The molecule has 0 fully saturated rings. The van der Waals surface area contributed by atoms with Crippen molar-refractivity contribution in [3.63, 3.8) is 0 Å². The van der Waals surface area contributed by atoms with Crippen molar-refractivity contribution in [2.24, 2.45) is 0 Å². The van der Waals surface area contributed by atoms with Gasteiger partial charge in [-0.3, -0.25) is 4.79 Å². The number of carbonyl (C=O) groups excluding carboxylic acids is 1. The molecule has 140 valence electrons. The van der Waals surface area contributed by atoms with Crippen LogP contribution in [0.2, 0.25) is 0 Å². The lowest BCUT2D eigenvalue weighted by atomic mass is 9.96. The van der Waals surface area contributed by atoms with Crippen LogP contribution in [0.25, 0.3) is 0 Å². The number of nitrogens with one attached hydrogen (secondary N) is 1. The molecule has 1 aromatic rings. The molecule has 2 rings (SSSR count). The topological polar surface area (TPSA) is 75.3 Å². The highest BCUT2D eigenvalue weighted by molar-refractivity contribution is 6.06. The number of amides is 1. The van der Waals surface area contributed by atoms with Gasteiger partial charge in [-0.2, -0.15) is 0 Å². The highest BCUT2D eigenvalue weighted by Gasteiger charge is 2.52. The average Bonchev–Trinajstić information content (AvgIpc) is 2.76. The second kappa shape index (κ2) is 6.92. The quantitative estimate of drug-likeness (QED) is 0.624. The fourth-order valence-electron chi connectivity index (χ4n) is 2.24. The molecule has 7 nitrogen and oxygen atoms in total. The van der Waals surface area contributed by atoms with Gasteiger partial charge in [0.05, 0.1) is 24.0 Å². The first-order valence-corrected chi connectivity index (χ1v) is 8.15. The van der Waals surface area contributed by atoms with Gasteiger partial charge >= 0.3 is 0 Å². The Balaban J connectivity index is 2.37. The number of para-hydroxylation sites is 1. The molecule has 1 aliphatic rings. The van der Waals surface area contributed by atoms with Crippen molar-refractivity contribution in [2.75, 3.05) is 19.0 Å². The van der Waals surface area contributed by atoms with Crippen molar-refractivity contribution < 1.29 is 29.1 Å². The molecule has 0 saturated carbocycles. The zero-order valence-corrected chi connectivity index (χ0v) is 15.9. The number of hydrogen-bond acceptors (Lipinski definition) is 6. The Morgan fingerprint density at radius 3 is 2.24 bits per heavy atom. The molecule has 0 saturated heterocycles. The maximum absolute atomic E-state index is 12.8. The third-order valence-electron chi connectivity index (χ3n) is 3.29. The summed E-state index contributed by atoms with van der Waals surface area (Å²) in [4.78, 5) is 34.6. The monoisotopic (exact) mass is 353 g/mol. The third-order valence-corrected chi connectivity index (χ3v) is 3.29. The molecule has 7 heteroatoms. The lowest BCUT2D eigenvalue weighted by molar-refractivity contribution is -0.431. The standard InChI is InChI=1S/C18H27NO6/c1-16(2,3)23-22-11-18(25-24-17(4,5)6)12-9-8-10-13(21-7)14(12)19-15(18)20/h8-10H,11H2,1-7H3,(H,19,20). The molecular formula is C18H27NO6. The number of fused-ring (bicyclic) bond motifs is 1. The predicted octanol–water partition coefficient (Wildman–Crippen LogP) is 3.34. The molecule has 1 N–H and O–H groups in total. The van der Waals surface area contributed by atoms with Crippen molar-refractivity contribution in [1.29, 1.82) is 0 Å². The number of benzene rings is 1. The van der Waals surface area contributed by atoms with E-state index in [9.17, 15) is 4.79 Å². The Morgan fingerprint density at radius 1 is 1.04 bits per heavy atom. The Kier molecular flexibility index (Phi) is 5.44. The molecule has 1 heterocycles. The predicted molar refractivity (Wildman–Crippen MR) is 92.0 cm³/mol. The van der Waals surface area contributed by atoms with E-state index >= 15 is 0 Å². The van der Waals surface area contributed by atoms with Crippen LogP contribution >= 0.6 is 0 Å². The molecule has 0 bridgehead atoms. The van der Waals surface area contributed by atoms with E-state index in [0.717, 1.165) is 0 Å². The molecule has 0 aliphatic carbocycles. The van der Waals surface area contributed by atoms with Crippen LogP contribution < -0.4 is 10.1 Å². The summed E-state index contributed by atoms with van der Waals surface area (Å²) in [6.45, 7) is 10.8. The van der Waals surface area contributed by atoms with Gasteiger partial charge in [0.15, 0.2) is 0 Å². The molecule has 0 radical (unpaired) electrons. The SMILES string of the molecule is COc1cccc2c1NC(=O)C2(COOC(C)(C)C)OOC(C)(C)C. The first-order chi connectivity index (χ1) is 11.5. The minimum Gasteiger partial charge on any atom is -0.495 e. The fraction of sp³-hybridized carbons (Fsp3) is 0.611. The summed E-state index contributed by atoms with van der Waals surface area (Å²) in [5, 5.41) is 2.79. The molecule has 1 atom stereocenters. The number of rotatable bonds is 6. The van der Waals surface area contributed by atoms with Crippen LogP contribution in [0.4, 0.5) is 5.69 Å². The fourth-order valence-corrected chi connectivity index (χ4v) is 2.24. The highest BCUT2D eigenvalue weighted by atomic mass is 17.2. The maximum atomic E-state index is 12.8. The summed E-state index contributed by atoms with van der Waals surface area (Å²) < 4.78 is 5.32.